The zero-order valence-electron chi connectivity index (χ0n) is 14.2. The molecule has 0 spiro atoms. The predicted molar refractivity (Wildman–Crippen MR) is 106 cm³/mol. The van der Waals surface area contributed by atoms with E-state index < -0.39 is 17.9 Å². The Kier molecular flexibility index (Phi) is 8.90. The number of hydrogen-bond acceptors (Lipinski definition) is 1. The molecule has 0 radical (unpaired) electrons. The molecule has 1 unspecified atom stereocenters. The van der Waals surface area contributed by atoms with E-state index in [1.165, 1.54) is 37.2 Å². The van der Waals surface area contributed by atoms with Crippen LogP contribution in [0.1, 0.15) is 35.1 Å². The van der Waals surface area contributed by atoms with E-state index in [4.69, 9.17) is 0 Å². The Hall–Kier alpha value is -0.829. The van der Waals surface area contributed by atoms with Gasteiger partial charge in [-0.05, 0) is 17.9 Å². The Bertz CT molecular complexity index is 557. The third-order valence-electron chi connectivity index (χ3n) is 4.29. The summed E-state index contributed by atoms with van der Waals surface area (Å²) in [6.07, 6.45) is 10.9. The summed E-state index contributed by atoms with van der Waals surface area (Å²) in [6.45, 7) is 7.94. The average Bonchev–Trinajstić information content (AvgIpc) is 3.16. The summed E-state index contributed by atoms with van der Waals surface area (Å²) in [5, 5.41) is 4.98. The maximum atomic E-state index is 3.46. The van der Waals surface area contributed by atoms with Crippen molar-refractivity contribution in [3.05, 3.63) is 66.3 Å². The summed E-state index contributed by atoms with van der Waals surface area (Å²) >= 11 is -0.912. The zero-order valence-corrected chi connectivity index (χ0v) is 15.7. The van der Waals surface area contributed by atoms with Crippen molar-refractivity contribution in [3.8, 4) is 0 Å². The van der Waals surface area contributed by atoms with Crippen LogP contribution in [0, 0.1) is 0 Å². The first kappa shape index (κ1) is 20.2. The van der Waals surface area contributed by atoms with Gasteiger partial charge in [0, 0.05) is 0 Å². The normalized spacial score (nSPS) is 18.7. The zero-order chi connectivity index (χ0) is 15.9. The van der Waals surface area contributed by atoms with Crippen molar-refractivity contribution in [2.75, 3.05) is 13.1 Å². The van der Waals surface area contributed by atoms with Crippen molar-refractivity contribution in [1.29, 1.82) is 0 Å². The molecule has 0 amide bonds. The van der Waals surface area contributed by atoms with Crippen LogP contribution < -0.4 is 0 Å². The van der Waals surface area contributed by atoms with E-state index in [0.717, 1.165) is 4.22 Å². The van der Waals surface area contributed by atoms with Crippen LogP contribution in [-0.2, 0) is 17.9 Å². The number of allylic oxidation sites excluding steroid dienone is 4. The van der Waals surface area contributed by atoms with Gasteiger partial charge in [0.1, 0.15) is 0 Å². The van der Waals surface area contributed by atoms with Crippen LogP contribution in [0.5, 0.6) is 0 Å². The molecule has 0 aromatic heterocycles. The van der Waals surface area contributed by atoms with Crippen LogP contribution in [0.2, 0.25) is 10.5 Å². The van der Waals surface area contributed by atoms with Gasteiger partial charge in [-0.2, -0.15) is 0 Å². The van der Waals surface area contributed by atoms with E-state index in [9.17, 15) is 0 Å². The number of benzene rings is 1. The largest absolute Gasteiger partial charge is 0.0149 e. The van der Waals surface area contributed by atoms with Crippen LogP contribution in [0.25, 0.3) is 5.70 Å². The molecule has 1 atom stereocenters. The molecule has 1 heterocycles. The van der Waals surface area contributed by atoms with E-state index in [-0.39, 0.29) is 11.0 Å². The van der Waals surface area contributed by atoms with Crippen LogP contribution in [-0.4, -0.2) is 29.0 Å². The quantitative estimate of drug-likeness (QED) is 0.576. The summed E-state index contributed by atoms with van der Waals surface area (Å²) in [4.78, 5) is 2.60. The van der Waals surface area contributed by atoms with Gasteiger partial charge in [0.05, 0.1) is 0 Å². The van der Waals surface area contributed by atoms with Gasteiger partial charge in [0.25, 0.3) is 0 Å². The molecule has 1 aliphatic heterocycles. The van der Waals surface area contributed by atoms with Crippen molar-refractivity contribution in [3.63, 3.8) is 0 Å². The Balaban J connectivity index is 0.000000390. The maximum Gasteiger partial charge on any atom is -0.0149 e. The summed E-state index contributed by atoms with van der Waals surface area (Å²) in [6, 6.07) is 9.06. The second-order valence-electron chi connectivity index (χ2n) is 6.15. The van der Waals surface area contributed by atoms with Crippen LogP contribution in [0.4, 0.5) is 0 Å². The molecule has 1 aromatic carbocycles. The SMILES string of the molecule is C=CC=CC.[CH3][Ti]([CH3])[CH]1C=C(N2CCCC2)c2ccccc21.[SiH4]. The van der Waals surface area contributed by atoms with E-state index in [1.807, 2.05) is 19.1 Å². The molecule has 1 aliphatic carbocycles. The fraction of sp³-hybridized carbons (Fsp3) is 0.400. The van der Waals surface area contributed by atoms with Crippen LogP contribution >= 0.6 is 0 Å². The summed E-state index contributed by atoms with van der Waals surface area (Å²) in [5.74, 6) is 0. The van der Waals surface area contributed by atoms with E-state index >= 15 is 0 Å². The van der Waals surface area contributed by atoms with E-state index in [0.29, 0.717) is 0 Å². The topological polar surface area (TPSA) is 3.24 Å². The Morgan fingerprint density at radius 2 is 1.83 bits per heavy atom. The minimum absolute atomic E-state index is 0. The minimum atomic E-state index is -0.912. The van der Waals surface area contributed by atoms with Crippen molar-refractivity contribution in [2.45, 2.75) is 34.4 Å². The van der Waals surface area contributed by atoms with E-state index in [2.05, 4.69) is 52.3 Å². The number of hydrogen-bond donors (Lipinski definition) is 0. The molecule has 23 heavy (non-hydrogen) atoms. The molecule has 2 aliphatic rings. The molecular weight excluding hydrogens is 330 g/mol. The van der Waals surface area contributed by atoms with Gasteiger partial charge < -0.3 is 0 Å². The molecule has 1 saturated heterocycles. The molecule has 0 saturated carbocycles. The maximum absolute atomic E-state index is 3.46. The number of rotatable bonds is 3. The van der Waals surface area contributed by atoms with Crippen LogP contribution in [0.15, 0.2) is 55.1 Å². The fourth-order valence-corrected chi connectivity index (χ4v) is 5.32. The van der Waals surface area contributed by atoms with Gasteiger partial charge in [0.2, 0.25) is 0 Å². The van der Waals surface area contributed by atoms with Crippen molar-refractivity contribution in [2.24, 2.45) is 0 Å². The van der Waals surface area contributed by atoms with Crippen molar-refractivity contribution >= 4 is 16.7 Å². The predicted octanol–water partition coefficient (Wildman–Crippen LogP) is 4.19. The summed E-state index contributed by atoms with van der Waals surface area (Å²) < 4.78 is 0.779. The molecule has 1 aromatic rings. The molecular formula is C20H32NSiTi. The fourth-order valence-electron chi connectivity index (χ4n) is 3.19. The number of fused-ring (bicyclic) bond motifs is 1. The molecule has 125 valence electrons. The Morgan fingerprint density at radius 1 is 1.17 bits per heavy atom. The summed E-state index contributed by atoms with van der Waals surface area (Å²) in [5.41, 5.74) is 4.67. The first-order valence-corrected chi connectivity index (χ1v) is 12.3. The molecule has 3 heteroatoms. The van der Waals surface area contributed by atoms with Crippen molar-refractivity contribution in [1.82, 2.24) is 4.90 Å². The average molecular weight is 362 g/mol. The minimum Gasteiger partial charge on any atom is -0.0149 e. The van der Waals surface area contributed by atoms with Gasteiger partial charge in [-0.15, -0.1) is 0 Å². The van der Waals surface area contributed by atoms with Gasteiger partial charge >= 0.3 is 111 Å². The second-order valence-corrected chi connectivity index (χ2v) is 10.5. The molecule has 1 fully saturated rings. The third-order valence-corrected chi connectivity index (χ3v) is 6.98. The molecule has 3 rings (SSSR count). The smallest absolute Gasteiger partial charge is 0.0149 e. The molecule has 1 nitrogen and oxygen atoms in total. The first-order chi connectivity index (χ1) is 10.7. The number of nitrogens with zero attached hydrogens (tertiary/aromatic N) is 1. The second kappa shape index (κ2) is 10.1. The first-order valence-electron chi connectivity index (χ1n) is 8.29. The number of likely N-dealkylation sites (tertiary alicyclic amines) is 1. The van der Waals surface area contributed by atoms with Crippen molar-refractivity contribution < 1.29 is 17.9 Å². The van der Waals surface area contributed by atoms with E-state index in [1.54, 1.807) is 11.6 Å². The third kappa shape index (κ3) is 5.07. The van der Waals surface area contributed by atoms with Gasteiger partial charge in [-0.3, -0.25) is 0 Å². The van der Waals surface area contributed by atoms with Gasteiger partial charge in [-0.25, -0.2) is 0 Å². The standard InChI is InChI=1S/C13H14N.C5H8.2CH3.H4Si.Ti/c1-2-6-12-11(5-1)7-8-13(12)14-9-3-4-10-14;1-3-5-4-2;;;;/h1-2,5-8H,3-4,9-10H2;3-5H,1H2,2H3;2*1H3;1H4;. The van der Waals surface area contributed by atoms with Gasteiger partial charge in [0.15, 0.2) is 0 Å². The van der Waals surface area contributed by atoms with Crippen LogP contribution in [0.3, 0.4) is 0 Å². The molecule has 0 bridgehead atoms. The monoisotopic (exact) mass is 362 g/mol. The molecule has 0 N–H and O–H groups in total. The summed E-state index contributed by atoms with van der Waals surface area (Å²) in [7, 11) is 0. The van der Waals surface area contributed by atoms with Gasteiger partial charge in [-0.1, -0.05) is 24.8 Å². The Morgan fingerprint density at radius 3 is 2.35 bits per heavy atom. The Labute approximate surface area is 153 Å².